The molecule has 0 amide bonds. The lowest BCUT2D eigenvalue weighted by molar-refractivity contribution is 0.195. The summed E-state index contributed by atoms with van der Waals surface area (Å²) in [7, 11) is 0. The van der Waals surface area contributed by atoms with Crippen LogP contribution in [0, 0.1) is 40.9 Å². The van der Waals surface area contributed by atoms with Crippen molar-refractivity contribution in [2.75, 3.05) is 17.2 Å². The Morgan fingerprint density at radius 2 is 1.90 bits per heavy atom. The fourth-order valence-corrected chi connectivity index (χ4v) is 4.55. The highest BCUT2D eigenvalue weighted by Crippen LogP contribution is 2.38. The molecule has 0 spiro atoms. The predicted molar refractivity (Wildman–Crippen MR) is 144 cm³/mol. The van der Waals surface area contributed by atoms with E-state index in [4.69, 9.17) is 0 Å². The third-order valence-electron chi connectivity index (χ3n) is 6.67. The molecule has 9 nitrogen and oxygen atoms in total. The molecule has 0 saturated heterocycles. The number of nitriles is 2. The summed E-state index contributed by atoms with van der Waals surface area (Å²) in [4.78, 5) is 8.34. The van der Waals surface area contributed by atoms with Crippen LogP contribution in [0.4, 0.5) is 20.2 Å². The van der Waals surface area contributed by atoms with Crippen LogP contribution >= 0.6 is 0 Å². The first-order valence-corrected chi connectivity index (χ1v) is 12.7. The van der Waals surface area contributed by atoms with Gasteiger partial charge < -0.3 is 16.1 Å². The Balaban J connectivity index is 1.64. The van der Waals surface area contributed by atoms with Crippen molar-refractivity contribution in [3.05, 3.63) is 70.4 Å². The number of nitrogens with zero attached hydrogens (tertiary/aromatic N) is 5. The number of hydrogen-bond acceptors (Lipinski definition) is 9. The Bertz CT molecular complexity index is 1560. The van der Waals surface area contributed by atoms with Crippen LogP contribution in [0.3, 0.4) is 0 Å². The first kappa shape index (κ1) is 26.1. The number of nitrogens with one attached hydrogen (secondary N) is 4. The van der Waals surface area contributed by atoms with Crippen molar-refractivity contribution in [3.63, 3.8) is 0 Å². The molecule has 0 radical (unpaired) electrons. The average Bonchev–Trinajstić information content (AvgIpc) is 3.66. The van der Waals surface area contributed by atoms with Gasteiger partial charge in [0.05, 0.1) is 28.4 Å². The Labute approximate surface area is 225 Å². The zero-order valence-electron chi connectivity index (χ0n) is 22.2. The van der Waals surface area contributed by atoms with Gasteiger partial charge in [-0.25, -0.2) is 4.98 Å². The number of aromatic nitrogens is 2. The van der Waals surface area contributed by atoms with Gasteiger partial charge in [-0.15, -0.1) is 5.53 Å². The van der Waals surface area contributed by atoms with Gasteiger partial charge in [0, 0.05) is 41.1 Å². The number of benzene rings is 1. The van der Waals surface area contributed by atoms with E-state index in [1.54, 1.807) is 25.1 Å². The molecule has 200 valence electrons. The highest BCUT2D eigenvalue weighted by atomic mass is 19.1. The second-order valence-electron chi connectivity index (χ2n) is 11.0. The van der Waals surface area contributed by atoms with Crippen LogP contribution < -0.4 is 21.6 Å². The van der Waals surface area contributed by atoms with Crippen LogP contribution in [0.2, 0.25) is 0 Å². The quantitative estimate of drug-likeness (QED) is 0.246. The number of anilines is 2. The molecule has 1 aromatic carbocycles. The molecular formula is C28H29F2N9. The maximum atomic E-state index is 15.6. The molecule has 1 aliphatic heterocycles. The highest BCUT2D eigenvalue weighted by molar-refractivity contribution is 5.99. The summed E-state index contributed by atoms with van der Waals surface area (Å²) in [6, 6.07) is 9.85. The Morgan fingerprint density at radius 1 is 1.15 bits per heavy atom. The third kappa shape index (κ3) is 5.27. The normalized spacial score (nSPS) is 16.1. The minimum atomic E-state index is -0.795. The van der Waals surface area contributed by atoms with E-state index in [0.717, 1.165) is 12.8 Å². The van der Waals surface area contributed by atoms with Crippen LogP contribution in [-0.2, 0) is 0 Å². The van der Waals surface area contributed by atoms with Crippen LogP contribution in [0.5, 0.6) is 0 Å². The van der Waals surface area contributed by atoms with Gasteiger partial charge in [0.1, 0.15) is 17.8 Å². The summed E-state index contributed by atoms with van der Waals surface area (Å²) >= 11 is 0. The lowest BCUT2D eigenvalue weighted by Gasteiger charge is -2.24. The van der Waals surface area contributed by atoms with E-state index in [-0.39, 0.29) is 22.7 Å². The first-order chi connectivity index (χ1) is 18.6. The van der Waals surface area contributed by atoms with Crippen molar-refractivity contribution in [1.29, 1.82) is 10.5 Å². The van der Waals surface area contributed by atoms with Gasteiger partial charge >= 0.3 is 0 Å². The van der Waals surface area contributed by atoms with Gasteiger partial charge in [-0.1, -0.05) is 26.8 Å². The summed E-state index contributed by atoms with van der Waals surface area (Å²) in [6.45, 7) is 8.45. The Kier molecular flexibility index (Phi) is 6.71. The minimum absolute atomic E-state index is 0.0564. The number of hydrogen-bond donors (Lipinski definition) is 4. The molecule has 1 fully saturated rings. The monoisotopic (exact) mass is 529 g/mol. The highest BCUT2D eigenvalue weighted by Gasteiger charge is 2.39. The average molecular weight is 530 g/mol. The SMILES string of the molecule is Cc1nc(F)ccc1[C@H](Nc1cc(C#N)c2ncc(C#N)c(NCC(C)(C)C)c2c1)C1=C(F)N(C2CC2)NN1. The molecule has 1 atom stereocenters. The van der Waals surface area contributed by atoms with E-state index in [9.17, 15) is 14.9 Å². The van der Waals surface area contributed by atoms with Crippen LogP contribution in [0.25, 0.3) is 10.9 Å². The molecule has 3 heterocycles. The standard InChI is InChI=1S/C28H29F2N9/c1-15-20(7-8-22(29)35-15)25(26-27(30)39(38-37-26)19-5-6-19)36-18-9-16(11-31)23-21(10-18)24(17(12-32)13-33-23)34-14-28(2,3)4/h7-10,13,19,25,36-38H,5-6,14H2,1-4H3,(H,33,34)/t25-/m0/s1. The number of pyridine rings is 2. The van der Waals surface area contributed by atoms with Crippen LogP contribution in [-0.4, -0.2) is 27.6 Å². The van der Waals surface area contributed by atoms with E-state index in [0.29, 0.717) is 45.6 Å². The molecule has 0 unspecified atom stereocenters. The van der Waals surface area contributed by atoms with Gasteiger partial charge in [0.2, 0.25) is 11.9 Å². The molecule has 2 aromatic heterocycles. The molecule has 4 N–H and O–H groups in total. The smallest absolute Gasteiger partial charge is 0.228 e. The summed E-state index contributed by atoms with van der Waals surface area (Å²) < 4.78 is 29.5. The van der Waals surface area contributed by atoms with Crippen molar-refractivity contribution in [2.45, 2.75) is 52.6 Å². The van der Waals surface area contributed by atoms with E-state index >= 15 is 4.39 Å². The maximum Gasteiger partial charge on any atom is 0.228 e. The molecule has 11 heteroatoms. The van der Waals surface area contributed by atoms with Gasteiger partial charge in [-0.2, -0.15) is 19.3 Å². The summed E-state index contributed by atoms with van der Waals surface area (Å²) in [6.07, 6.45) is 3.21. The summed E-state index contributed by atoms with van der Waals surface area (Å²) in [5, 5.41) is 28.5. The molecule has 5 rings (SSSR count). The van der Waals surface area contributed by atoms with E-state index in [2.05, 4.69) is 64.5 Å². The molecule has 2 aliphatic rings. The van der Waals surface area contributed by atoms with Crippen molar-refractivity contribution in [1.82, 2.24) is 25.9 Å². The molecular weight excluding hydrogens is 500 g/mol. The lowest BCUT2D eigenvalue weighted by atomic mass is 9.96. The first-order valence-electron chi connectivity index (χ1n) is 12.7. The third-order valence-corrected chi connectivity index (χ3v) is 6.67. The Hall–Kier alpha value is -4.48. The maximum absolute atomic E-state index is 15.6. The Morgan fingerprint density at radius 3 is 2.54 bits per heavy atom. The summed E-state index contributed by atoms with van der Waals surface area (Å²) in [5.74, 6) is -1.11. The van der Waals surface area contributed by atoms with Crippen molar-refractivity contribution in [2.24, 2.45) is 5.41 Å². The van der Waals surface area contributed by atoms with E-state index < -0.39 is 17.9 Å². The lowest BCUT2D eigenvalue weighted by Crippen LogP contribution is -2.39. The minimum Gasteiger partial charge on any atom is -0.383 e. The topological polar surface area (TPSA) is 125 Å². The van der Waals surface area contributed by atoms with Gasteiger partial charge in [-0.05, 0) is 43.4 Å². The van der Waals surface area contributed by atoms with Gasteiger partial charge in [-0.3, -0.25) is 9.99 Å². The number of hydrazine groups is 2. The number of rotatable bonds is 7. The molecule has 39 heavy (non-hydrogen) atoms. The second-order valence-corrected chi connectivity index (χ2v) is 11.0. The number of fused-ring (bicyclic) bond motifs is 1. The molecule has 3 aromatic rings. The van der Waals surface area contributed by atoms with Crippen molar-refractivity contribution in [3.8, 4) is 12.1 Å². The van der Waals surface area contributed by atoms with E-state index in [1.165, 1.54) is 17.3 Å². The van der Waals surface area contributed by atoms with E-state index in [1.807, 2.05) is 0 Å². The van der Waals surface area contributed by atoms with Crippen molar-refractivity contribution >= 4 is 22.3 Å². The fourth-order valence-electron chi connectivity index (χ4n) is 4.55. The molecule has 1 aliphatic carbocycles. The predicted octanol–water partition coefficient (Wildman–Crippen LogP) is 5.06. The molecule has 1 saturated carbocycles. The number of aryl methyl sites for hydroxylation is 1. The second kappa shape index (κ2) is 10.0. The van der Waals surface area contributed by atoms with Crippen molar-refractivity contribution < 1.29 is 8.78 Å². The number of halogens is 2. The molecule has 0 bridgehead atoms. The fraction of sp³-hybridized carbons (Fsp3) is 0.357. The van der Waals surface area contributed by atoms with Crippen LogP contribution in [0.1, 0.15) is 62.0 Å². The zero-order valence-corrected chi connectivity index (χ0v) is 22.2. The zero-order chi connectivity index (χ0) is 27.9. The largest absolute Gasteiger partial charge is 0.383 e. The summed E-state index contributed by atoms with van der Waals surface area (Å²) in [5.41, 5.74) is 9.05. The van der Waals surface area contributed by atoms with Gasteiger partial charge in [0.25, 0.3) is 0 Å². The van der Waals surface area contributed by atoms with Crippen LogP contribution in [0.15, 0.2) is 42.1 Å². The van der Waals surface area contributed by atoms with Gasteiger partial charge in [0.15, 0.2) is 0 Å².